The van der Waals surface area contributed by atoms with Crippen molar-refractivity contribution in [3.63, 3.8) is 0 Å². The van der Waals surface area contributed by atoms with E-state index in [9.17, 15) is 22.8 Å². The fraction of sp³-hybridized carbons (Fsp3) is 0.292. The van der Waals surface area contributed by atoms with Gasteiger partial charge < -0.3 is 5.32 Å². The maximum atomic E-state index is 13.0. The van der Waals surface area contributed by atoms with Crippen LogP contribution in [0.15, 0.2) is 53.4 Å². The predicted octanol–water partition coefficient (Wildman–Crippen LogP) is 6.23. The van der Waals surface area contributed by atoms with Crippen LogP contribution in [0, 0.1) is 0 Å². The van der Waals surface area contributed by atoms with Gasteiger partial charge in [0.1, 0.15) is 10.4 Å². The summed E-state index contributed by atoms with van der Waals surface area (Å²) in [5, 5.41) is 2.44. The minimum Gasteiger partial charge on any atom is -0.324 e. The molecule has 9 heteroatoms. The Morgan fingerprint density at radius 1 is 1.09 bits per heavy atom. The number of hydrogen-bond acceptors (Lipinski definition) is 4. The first-order valence-electron chi connectivity index (χ1n) is 10.1. The van der Waals surface area contributed by atoms with Gasteiger partial charge in [0.05, 0.1) is 10.5 Å². The summed E-state index contributed by atoms with van der Waals surface area (Å²) >= 11 is 6.39. The third-order valence-electron chi connectivity index (χ3n) is 5.12. The number of anilines is 1. The van der Waals surface area contributed by atoms with Crippen molar-refractivity contribution in [2.75, 3.05) is 5.32 Å². The van der Waals surface area contributed by atoms with Crippen molar-refractivity contribution in [2.24, 2.45) is 0 Å². The second-order valence-corrected chi connectivity index (χ2v) is 10.3. The Bertz CT molecular complexity index is 1120. The van der Waals surface area contributed by atoms with Crippen LogP contribution in [0.1, 0.15) is 44.4 Å². The van der Waals surface area contributed by atoms with Crippen molar-refractivity contribution in [3.05, 3.63) is 70.1 Å². The summed E-state index contributed by atoms with van der Waals surface area (Å²) in [7, 11) is 0. The van der Waals surface area contributed by atoms with E-state index in [-0.39, 0.29) is 15.4 Å². The maximum absolute atomic E-state index is 13.0. The van der Waals surface area contributed by atoms with Gasteiger partial charge in [-0.25, -0.2) is 0 Å². The Balaban J connectivity index is 1.74. The van der Waals surface area contributed by atoms with Gasteiger partial charge in [0.25, 0.3) is 5.91 Å². The highest BCUT2D eigenvalue weighted by atomic mass is 32.2. The molecule has 1 fully saturated rings. The predicted molar refractivity (Wildman–Crippen MR) is 130 cm³/mol. The first-order valence-corrected chi connectivity index (χ1v) is 11.4. The van der Waals surface area contributed by atoms with Gasteiger partial charge >= 0.3 is 6.18 Å². The average molecular weight is 493 g/mol. The van der Waals surface area contributed by atoms with Crippen LogP contribution in [-0.4, -0.2) is 27.1 Å². The number of benzene rings is 2. The van der Waals surface area contributed by atoms with Crippen molar-refractivity contribution in [1.82, 2.24) is 4.90 Å². The first kappa shape index (κ1) is 25.0. The van der Waals surface area contributed by atoms with Crippen molar-refractivity contribution < 1.29 is 22.8 Å². The molecule has 2 amide bonds. The summed E-state index contributed by atoms with van der Waals surface area (Å²) in [4.78, 5) is 27.2. The lowest BCUT2D eigenvalue weighted by Gasteiger charge is -2.22. The molecular weight excluding hydrogens is 469 g/mol. The summed E-state index contributed by atoms with van der Waals surface area (Å²) in [5.74, 6) is -1.06. The molecule has 1 aliphatic rings. The molecule has 174 valence electrons. The summed E-state index contributed by atoms with van der Waals surface area (Å²) in [6, 6.07) is 11.1. The number of halogens is 3. The monoisotopic (exact) mass is 492 g/mol. The fourth-order valence-corrected chi connectivity index (χ4v) is 4.60. The Morgan fingerprint density at radius 3 is 2.30 bits per heavy atom. The summed E-state index contributed by atoms with van der Waals surface area (Å²) in [6.45, 7) is 7.81. The average Bonchev–Trinajstić information content (AvgIpc) is 2.99. The molecule has 0 aromatic heterocycles. The molecule has 1 N–H and O–H groups in total. The Kier molecular flexibility index (Phi) is 7.04. The second-order valence-electron chi connectivity index (χ2n) is 8.67. The summed E-state index contributed by atoms with van der Waals surface area (Å²) < 4.78 is 39.0. The highest BCUT2D eigenvalue weighted by Gasteiger charge is 2.38. The van der Waals surface area contributed by atoms with Crippen LogP contribution in [0.3, 0.4) is 0 Å². The van der Waals surface area contributed by atoms with Crippen LogP contribution >= 0.6 is 24.0 Å². The minimum absolute atomic E-state index is 0.00434. The van der Waals surface area contributed by atoms with E-state index >= 15 is 0 Å². The van der Waals surface area contributed by atoms with E-state index in [1.807, 2.05) is 24.3 Å². The van der Waals surface area contributed by atoms with Crippen molar-refractivity contribution in [2.45, 2.75) is 45.3 Å². The molecular formula is C24H23F3N2O2S2. The number of rotatable bonds is 4. The van der Waals surface area contributed by atoms with Crippen LogP contribution in [-0.2, 0) is 21.2 Å². The van der Waals surface area contributed by atoms with E-state index < -0.39 is 29.6 Å². The van der Waals surface area contributed by atoms with Gasteiger partial charge in [-0.15, -0.1) is 0 Å². The van der Waals surface area contributed by atoms with E-state index in [2.05, 4.69) is 26.1 Å². The van der Waals surface area contributed by atoms with Crippen LogP contribution in [0.25, 0.3) is 6.08 Å². The van der Waals surface area contributed by atoms with Crippen molar-refractivity contribution in [1.29, 1.82) is 0 Å². The molecule has 3 rings (SSSR count). The lowest BCUT2D eigenvalue weighted by molar-refractivity contribution is -0.137. The zero-order chi connectivity index (χ0) is 24.6. The van der Waals surface area contributed by atoms with Crippen molar-refractivity contribution >= 4 is 51.9 Å². The molecule has 1 aliphatic heterocycles. The van der Waals surface area contributed by atoms with Gasteiger partial charge in [-0.05, 0) is 47.7 Å². The fourth-order valence-electron chi connectivity index (χ4n) is 3.18. The number of carbonyl (C=O) groups is 2. The quantitative estimate of drug-likeness (QED) is 0.406. The molecule has 1 heterocycles. The molecule has 1 atom stereocenters. The third-order valence-corrected chi connectivity index (χ3v) is 6.45. The van der Waals surface area contributed by atoms with Crippen LogP contribution < -0.4 is 5.32 Å². The molecule has 1 unspecified atom stereocenters. The van der Waals surface area contributed by atoms with Crippen LogP contribution in [0.2, 0.25) is 0 Å². The van der Waals surface area contributed by atoms with E-state index in [0.717, 1.165) is 35.0 Å². The number of thioether (sulfide) groups is 1. The van der Waals surface area contributed by atoms with Crippen molar-refractivity contribution in [3.8, 4) is 0 Å². The second kappa shape index (κ2) is 9.30. The largest absolute Gasteiger partial charge is 0.416 e. The molecule has 2 aromatic rings. The molecule has 0 saturated carbocycles. The number of carbonyl (C=O) groups excluding carboxylic acids is 2. The van der Waals surface area contributed by atoms with E-state index in [1.54, 1.807) is 6.08 Å². The topological polar surface area (TPSA) is 49.4 Å². The first-order chi connectivity index (χ1) is 15.3. The Hall–Kier alpha value is -2.65. The van der Waals surface area contributed by atoms with Gasteiger partial charge in [-0.3, -0.25) is 14.5 Å². The number of nitrogens with zero attached hydrogens (tertiary/aromatic N) is 1. The van der Waals surface area contributed by atoms with Gasteiger partial charge in [0.2, 0.25) is 5.91 Å². The SMILES string of the molecule is CC(C(=O)Nc1cccc(C(F)(F)F)c1)N1C(=O)/C(=C/c2ccc(C(C)(C)C)cc2)SC1=S. The standard InChI is InChI=1S/C24H23F3N2O2S2/c1-14(20(30)28-18-7-5-6-17(13-18)24(25,26)27)29-21(31)19(33-22(29)32)12-15-8-10-16(11-9-15)23(2,3)4/h5-14H,1-4H3,(H,28,30)/b19-12-. The van der Waals surface area contributed by atoms with E-state index in [1.165, 1.54) is 24.0 Å². The van der Waals surface area contributed by atoms with Gasteiger partial charge in [-0.2, -0.15) is 13.2 Å². The number of nitrogens with one attached hydrogen (secondary N) is 1. The molecule has 33 heavy (non-hydrogen) atoms. The molecule has 0 spiro atoms. The van der Waals surface area contributed by atoms with E-state index in [4.69, 9.17) is 12.2 Å². The number of amides is 2. The third kappa shape index (κ3) is 5.83. The summed E-state index contributed by atoms with van der Waals surface area (Å²) in [6.07, 6.45) is -2.82. The highest BCUT2D eigenvalue weighted by molar-refractivity contribution is 8.26. The number of alkyl halides is 3. The molecule has 0 aliphatic carbocycles. The number of thiocarbonyl (C=S) groups is 1. The lowest BCUT2D eigenvalue weighted by atomic mass is 9.87. The molecule has 0 bridgehead atoms. The van der Waals surface area contributed by atoms with Gasteiger partial charge in [-0.1, -0.05) is 75.1 Å². The number of hydrogen-bond donors (Lipinski definition) is 1. The van der Waals surface area contributed by atoms with Gasteiger partial charge in [0.15, 0.2) is 0 Å². The zero-order valence-electron chi connectivity index (χ0n) is 18.5. The van der Waals surface area contributed by atoms with Gasteiger partial charge in [0, 0.05) is 5.69 Å². The molecule has 2 aromatic carbocycles. The van der Waals surface area contributed by atoms with Crippen LogP contribution in [0.4, 0.5) is 18.9 Å². The highest BCUT2D eigenvalue weighted by Crippen LogP contribution is 2.35. The smallest absolute Gasteiger partial charge is 0.324 e. The molecule has 0 radical (unpaired) electrons. The lowest BCUT2D eigenvalue weighted by Crippen LogP contribution is -2.44. The Labute approximate surface area is 200 Å². The summed E-state index contributed by atoms with van der Waals surface area (Å²) in [5.41, 5.74) is 1.10. The zero-order valence-corrected chi connectivity index (χ0v) is 20.1. The molecule has 1 saturated heterocycles. The minimum atomic E-state index is -4.53. The maximum Gasteiger partial charge on any atom is 0.416 e. The Morgan fingerprint density at radius 2 is 1.73 bits per heavy atom. The molecule has 4 nitrogen and oxygen atoms in total. The normalized spacial score (nSPS) is 16.9. The van der Waals surface area contributed by atoms with E-state index in [0.29, 0.717) is 4.91 Å². The van der Waals surface area contributed by atoms with Crippen LogP contribution in [0.5, 0.6) is 0 Å².